The van der Waals surface area contributed by atoms with Crippen LogP contribution in [0.3, 0.4) is 0 Å². The lowest BCUT2D eigenvalue weighted by molar-refractivity contribution is -0.137. The van der Waals surface area contributed by atoms with Crippen LogP contribution in [0.4, 0.5) is 18.9 Å². The van der Waals surface area contributed by atoms with E-state index in [-0.39, 0.29) is 5.41 Å². The summed E-state index contributed by atoms with van der Waals surface area (Å²) in [5.74, 6) is 0.870. The first-order valence-corrected chi connectivity index (χ1v) is 9.34. The van der Waals surface area contributed by atoms with E-state index in [0.717, 1.165) is 44.9 Å². The highest BCUT2D eigenvalue weighted by Gasteiger charge is 2.34. The highest BCUT2D eigenvalue weighted by atomic mass is 19.4. The van der Waals surface area contributed by atoms with Crippen LogP contribution >= 0.6 is 0 Å². The van der Waals surface area contributed by atoms with Crippen LogP contribution in [0.2, 0.25) is 0 Å². The number of benzene rings is 1. The first-order chi connectivity index (χ1) is 12.8. The summed E-state index contributed by atoms with van der Waals surface area (Å²) in [7, 11) is 0. The molecule has 27 heavy (non-hydrogen) atoms. The van der Waals surface area contributed by atoms with E-state index in [9.17, 15) is 13.2 Å². The summed E-state index contributed by atoms with van der Waals surface area (Å²) in [5, 5.41) is 3.32. The van der Waals surface area contributed by atoms with Crippen LogP contribution in [0.15, 0.2) is 29.3 Å². The minimum absolute atomic E-state index is 0.112. The zero-order valence-corrected chi connectivity index (χ0v) is 15.9. The molecule has 0 spiro atoms. The van der Waals surface area contributed by atoms with Gasteiger partial charge in [-0.15, -0.1) is 0 Å². The molecule has 0 aromatic heterocycles. The summed E-state index contributed by atoms with van der Waals surface area (Å²) in [6.45, 7) is 9.90. The fourth-order valence-corrected chi connectivity index (χ4v) is 3.29. The van der Waals surface area contributed by atoms with E-state index in [1.54, 1.807) is 6.07 Å². The van der Waals surface area contributed by atoms with Crippen LogP contribution in [0.1, 0.15) is 19.4 Å². The Morgan fingerprint density at radius 1 is 1.22 bits per heavy atom. The van der Waals surface area contributed by atoms with Crippen LogP contribution < -0.4 is 10.2 Å². The second-order valence-corrected chi connectivity index (χ2v) is 7.50. The Balaban J connectivity index is 1.62. The number of ether oxygens (including phenoxy) is 1. The quantitative estimate of drug-likeness (QED) is 0.640. The zero-order valence-electron chi connectivity index (χ0n) is 15.9. The first kappa shape index (κ1) is 19.8. The zero-order chi connectivity index (χ0) is 19.5. The van der Waals surface area contributed by atoms with E-state index in [4.69, 9.17) is 9.73 Å². The van der Waals surface area contributed by atoms with Crippen molar-refractivity contribution in [2.75, 3.05) is 57.4 Å². The first-order valence-electron chi connectivity index (χ1n) is 9.34. The van der Waals surface area contributed by atoms with Gasteiger partial charge in [0.25, 0.3) is 0 Å². The van der Waals surface area contributed by atoms with Crippen molar-refractivity contribution >= 4 is 11.6 Å². The maximum atomic E-state index is 12.9. The third kappa shape index (κ3) is 4.86. The van der Waals surface area contributed by atoms with E-state index in [0.29, 0.717) is 25.3 Å². The van der Waals surface area contributed by atoms with E-state index in [2.05, 4.69) is 17.1 Å². The van der Waals surface area contributed by atoms with Crippen molar-refractivity contribution in [2.24, 2.45) is 10.4 Å². The minimum atomic E-state index is -4.32. The highest BCUT2D eigenvalue weighted by Crippen LogP contribution is 2.32. The Labute approximate surface area is 158 Å². The SMILES string of the molecule is CCNC(=NCC1(C)COC1)N1CCN(c2cccc(C(F)(F)F)c2)CC1. The fraction of sp³-hybridized carbons (Fsp3) is 0.632. The third-order valence-electron chi connectivity index (χ3n) is 4.96. The van der Waals surface area contributed by atoms with Crippen molar-refractivity contribution in [1.29, 1.82) is 0 Å². The molecule has 0 aliphatic carbocycles. The molecule has 2 saturated heterocycles. The molecule has 5 nitrogen and oxygen atoms in total. The summed E-state index contributed by atoms with van der Waals surface area (Å²) in [6.07, 6.45) is -4.32. The van der Waals surface area contributed by atoms with Gasteiger partial charge in [-0.3, -0.25) is 4.99 Å². The number of nitrogens with one attached hydrogen (secondary N) is 1. The number of halogens is 3. The Hall–Kier alpha value is -1.96. The molecule has 0 saturated carbocycles. The molecule has 2 aliphatic heterocycles. The molecule has 8 heteroatoms. The number of alkyl halides is 3. The lowest BCUT2D eigenvalue weighted by Gasteiger charge is -2.39. The van der Waals surface area contributed by atoms with Gasteiger partial charge in [-0.1, -0.05) is 13.0 Å². The predicted molar refractivity (Wildman–Crippen MR) is 100 cm³/mol. The number of rotatable bonds is 4. The molecule has 2 heterocycles. The second-order valence-electron chi connectivity index (χ2n) is 7.50. The van der Waals surface area contributed by atoms with E-state index < -0.39 is 11.7 Å². The third-order valence-corrected chi connectivity index (χ3v) is 4.96. The fourth-order valence-electron chi connectivity index (χ4n) is 3.29. The van der Waals surface area contributed by atoms with Crippen molar-refractivity contribution < 1.29 is 17.9 Å². The van der Waals surface area contributed by atoms with Gasteiger partial charge in [0.1, 0.15) is 0 Å². The highest BCUT2D eigenvalue weighted by molar-refractivity contribution is 5.80. The summed E-state index contributed by atoms with van der Waals surface area (Å²) in [5.41, 5.74) is 0.124. The molecular formula is C19H27F3N4O. The summed E-state index contributed by atoms with van der Waals surface area (Å²) in [4.78, 5) is 8.93. The number of piperazine rings is 1. The molecule has 150 valence electrons. The second kappa shape index (κ2) is 7.96. The van der Waals surface area contributed by atoms with Crippen molar-refractivity contribution in [3.8, 4) is 0 Å². The van der Waals surface area contributed by atoms with E-state index >= 15 is 0 Å². The average molecular weight is 384 g/mol. The van der Waals surface area contributed by atoms with E-state index in [1.807, 2.05) is 11.8 Å². The minimum Gasteiger partial charge on any atom is -0.380 e. The number of hydrogen-bond donors (Lipinski definition) is 1. The molecule has 1 aromatic rings. The Kier molecular flexibility index (Phi) is 5.83. The molecule has 0 unspecified atom stereocenters. The molecule has 0 atom stereocenters. The molecule has 0 bridgehead atoms. The van der Waals surface area contributed by atoms with E-state index in [1.165, 1.54) is 12.1 Å². The van der Waals surface area contributed by atoms with Crippen molar-refractivity contribution in [1.82, 2.24) is 10.2 Å². The van der Waals surface area contributed by atoms with Gasteiger partial charge in [-0.25, -0.2) is 0 Å². The van der Waals surface area contributed by atoms with Crippen LogP contribution in [0, 0.1) is 5.41 Å². The molecular weight excluding hydrogens is 357 g/mol. The molecule has 0 amide bonds. The Morgan fingerprint density at radius 2 is 1.93 bits per heavy atom. The van der Waals surface area contributed by atoms with Gasteiger partial charge >= 0.3 is 6.18 Å². The molecule has 2 fully saturated rings. The van der Waals surface area contributed by atoms with Gasteiger partial charge in [0.2, 0.25) is 0 Å². The molecule has 3 rings (SSSR count). The van der Waals surface area contributed by atoms with Crippen LogP contribution in [-0.2, 0) is 10.9 Å². The van der Waals surface area contributed by atoms with Gasteiger partial charge in [-0.05, 0) is 25.1 Å². The largest absolute Gasteiger partial charge is 0.416 e. The number of guanidine groups is 1. The lowest BCUT2D eigenvalue weighted by Crippen LogP contribution is -2.53. The standard InChI is InChI=1S/C19H27F3N4O/c1-3-23-17(24-12-18(2)13-27-14-18)26-9-7-25(8-10-26)16-6-4-5-15(11-16)19(20,21)22/h4-6,11H,3,7-10,12-14H2,1-2H3,(H,23,24). The van der Waals surface area contributed by atoms with Crippen molar-refractivity contribution in [3.05, 3.63) is 29.8 Å². The van der Waals surface area contributed by atoms with Crippen molar-refractivity contribution in [2.45, 2.75) is 20.0 Å². The summed E-state index contributed by atoms with van der Waals surface area (Å²) >= 11 is 0. The summed E-state index contributed by atoms with van der Waals surface area (Å²) < 4.78 is 44.1. The number of nitrogens with zero attached hydrogens (tertiary/aromatic N) is 3. The monoisotopic (exact) mass is 384 g/mol. The maximum Gasteiger partial charge on any atom is 0.416 e. The van der Waals surface area contributed by atoms with Gasteiger partial charge in [0, 0.05) is 43.8 Å². The van der Waals surface area contributed by atoms with Crippen LogP contribution in [-0.4, -0.2) is 63.3 Å². The van der Waals surface area contributed by atoms with Gasteiger partial charge in [-0.2, -0.15) is 13.2 Å². The molecule has 2 aliphatic rings. The normalized spacial score (nSPS) is 20.4. The predicted octanol–water partition coefficient (Wildman–Crippen LogP) is 2.83. The van der Waals surface area contributed by atoms with Crippen LogP contribution in [0.25, 0.3) is 0 Å². The maximum absolute atomic E-state index is 12.9. The van der Waals surface area contributed by atoms with Gasteiger partial charge < -0.3 is 19.9 Å². The van der Waals surface area contributed by atoms with Crippen molar-refractivity contribution in [3.63, 3.8) is 0 Å². The van der Waals surface area contributed by atoms with Gasteiger partial charge in [0.15, 0.2) is 5.96 Å². The number of aliphatic imine (C=N–C) groups is 1. The Bertz CT molecular complexity index is 665. The summed E-state index contributed by atoms with van der Waals surface area (Å²) in [6, 6.07) is 5.55. The lowest BCUT2D eigenvalue weighted by atomic mass is 9.89. The molecule has 1 aromatic carbocycles. The molecule has 0 radical (unpaired) electrons. The topological polar surface area (TPSA) is 40.1 Å². The average Bonchev–Trinajstić information content (AvgIpc) is 2.63. The smallest absolute Gasteiger partial charge is 0.380 e. The van der Waals surface area contributed by atoms with Gasteiger partial charge in [0.05, 0.1) is 25.3 Å². The number of anilines is 1. The Morgan fingerprint density at radius 3 is 2.48 bits per heavy atom. The molecule has 1 N–H and O–H groups in total. The number of hydrogen-bond acceptors (Lipinski definition) is 3. The van der Waals surface area contributed by atoms with Crippen LogP contribution in [0.5, 0.6) is 0 Å².